The largest absolute Gasteiger partial charge is 0.491 e. The van der Waals surface area contributed by atoms with Gasteiger partial charge in [0.25, 0.3) is 0 Å². The van der Waals surface area contributed by atoms with E-state index in [-0.39, 0.29) is 6.67 Å². The summed E-state index contributed by atoms with van der Waals surface area (Å²) in [5, 5.41) is 4.60. The molecule has 2 heterocycles. The number of ether oxygens (including phenoxy) is 2. The van der Waals surface area contributed by atoms with Crippen LogP contribution in [0.5, 0.6) is 5.75 Å². The molecule has 3 aromatic rings. The molecular formula is C25H33FN4O2. The predicted octanol–water partition coefficient (Wildman–Crippen LogP) is 5.62. The Morgan fingerprint density at radius 2 is 1.84 bits per heavy atom. The van der Waals surface area contributed by atoms with Crippen molar-refractivity contribution in [2.45, 2.75) is 26.2 Å². The smallest absolute Gasteiger partial charge is 0.124 e. The van der Waals surface area contributed by atoms with E-state index in [4.69, 9.17) is 9.47 Å². The Hall–Kier alpha value is -3.06. The maximum atomic E-state index is 12.1. The Morgan fingerprint density at radius 3 is 2.69 bits per heavy atom. The molecule has 0 spiro atoms. The monoisotopic (exact) mass is 440 g/mol. The van der Waals surface area contributed by atoms with Gasteiger partial charge in [-0.15, -0.1) is 0 Å². The van der Waals surface area contributed by atoms with Crippen LogP contribution in [0.15, 0.2) is 54.9 Å². The third kappa shape index (κ3) is 6.47. The first-order valence-corrected chi connectivity index (χ1v) is 11.0. The van der Waals surface area contributed by atoms with Crippen LogP contribution in [-0.2, 0) is 18.8 Å². The molecule has 0 unspecified atom stereocenters. The summed E-state index contributed by atoms with van der Waals surface area (Å²) in [4.78, 5) is 4.27. The summed E-state index contributed by atoms with van der Waals surface area (Å²) in [6, 6.07) is 14.1. The molecule has 172 valence electrons. The third-order valence-electron chi connectivity index (χ3n) is 5.39. The van der Waals surface area contributed by atoms with E-state index in [1.165, 1.54) is 0 Å². The maximum absolute atomic E-state index is 12.1. The minimum absolute atomic E-state index is 0.253. The number of aromatic nitrogens is 3. The van der Waals surface area contributed by atoms with Gasteiger partial charge in [0.05, 0.1) is 18.8 Å². The Balaban J connectivity index is 1.67. The number of aryl methyl sites for hydroxylation is 2. The minimum atomic E-state index is -0.253. The van der Waals surface area contributed by atoms with E-state index in [0.717, 1.165) is 46.6 Å². The lowest BCUT2D eigenvalue weighted by molar-refractivity contribution is 0.0969. The van der Waals surface area contributed by atoms with Gasteiger partial charge in [0.15, 0.2) is 0 Å². The second-order valence-corrected chi connectivity index (χ2v) is 7.70. The standard InChI is InChI=1S/C25H33FN4O2/c1-20-10-11-25(30(3)29(2)24-12-14-27-19-23(20)24)28-21-8-7-9-22(18-21)32-17-16-31-15-6-4-5-13-26/h7-12,14,18-19,28H,4-6,13,15-17H2,1-3H3. The fourth-order valence-corrected chi connectivity index (χ4v) is 3.43. The topological polar surface area (TPSA) is 53.2 Å². The van der Waals surface area contributed by atoms with Gasteiger partial charge < -0.3 is 14.8 Å². The lowest BCUT2D eigenvalue weighted by Gasteiger charge is -2.17. The van der Waals surface area contributed by atoms with Crippen LogP contribution >= 0.6 is 0 Å². The molecule has 0 amide bonds. The van der Waals surface area contributed by atoms with Crippen molar-refractivity contribution in [2.75, 3.05) is 31.8 Å². The molecule has 6 nitrogen and oxygen atoms in total. The normalized spacial score (nSPS) is 10.9. The van der Waals surface area contributed by atoms with Crippen LogP contribution in [0.4, 0.5) is 15.9 Å². The number of alkyl halides is 1. The highest BCUT2D eigenvalue weighted by molar-refractivity contribution is 5.80. The predicted molar refractivity (Wildman–Crippen MR) is 128 cm³/mol. The molecule has 2 aromatic heterocycles. The molecule has 0 saturated heterocycles. The number of nitrogens with one attached hydrogen (secondary N) is 1. The van der Waals surface area contributed by atoms with Gasteiger partial charge >= 0.3 is 0 Å². The first-order valence-electron chi connectivity index (χ1n) is 11.0. The average Bonchev–Trinajstić information content (AvgIpc) is 2.82. The van der Waals surface area contributed by atoms with E-state index in [0.29, 0.717) is 26.2 Å². The Kier molecular flexibility index (Phi) is 8.92. The van der Waals surface area contributed by atoms with Crippen LogP contribution in [0.2, 0.25) is 0 Å². The van der Waals surface area contributed by atoms with Crippen molar-refractivity contribution in [3.05, 3.63) is 60.4 Å². The third-order valence-corrected chi connectivity index (χ3v) is 5.39. The first-order chi connectivity index (χ1) is 15.6. The number of halogens is 1. The van der Waals surface area contributed by atoms with Gasteiger partial charge in [-0.05, 0) is 56.0 Å². The number of fused-ring (bicyclic) bond motifs is 1. The molecule has 0 aliphatic heterocycles. The van der Waals surface area contributed by atoms with Crippen molar-refractivity contribution in [1.82, 2.24) is 14.3 Å². The van der Waals surface area contributed by atoms with E-state index in [9.17, 15) is 4.39 Å². The van der Waals surface area contributed by atoms with E-state index in [1.807, 2.05) is 56.8 Å². The summed E-state index contributed by atoms with van der Waals surface area (Å²) in [6.07, 6.45) is 6.06. The Morgan fingerprint density at radius 1 is 0.969 bits per heavy atom. The highest BCUT2D eigenvalue weighted by Crippen LogP contribution is 2.22. The maximum Gasteiger partial charge on any atom is 0.124 e. The van der Waals surface area contributed by atoms with Crippen LogP contribution in [0.25, 0.3) is 10.9 Å². The van der Waals surface area contributed by atoms with Gasteiger partial charge in [0, 0.05) is 50.2 Å². The fraction of sp³-hybridized carbons (Fsp3) is 0.400. The summed E-state index contributed by atoms with van der Waals surface area (Å²) in [7, 11) is 4.05. The summed E-state index contributed by atoms with van der Waals surface area (Å²) in [5.74, 6) is 1.71. The molecule has 0 aliphatic carbocycles. The number of benzene rings is 1. The molecule has 0 radical (unpaired) electrons. The van der Waals surface area contributed by atoms with Crippen molar-refractivity contribution >= 4 is 22.4 Å². The van der Waals surface area contributed by atoms with Crippen LogP contribution in [0.1, 0.15) is 24.8 Å². The van der Waals surface area contributed by atoms with Crippen LogP contribution in [0, 0.1) is 6.92 Å². The van der Waals surface area contributed by atoms with Crippen molar-refractivity contribution in [2.24, 2.45) is 14.1 Å². The molecule has 3 rings (SSSR count). The van der Waals surface area contributed by atoms with Crippen LogP contribution in [-0.4, -0.2) is 40.8 Å². The summed E-state index contributed by atoms with van der Waals surface area (Å²) >= 11 is 0. The molecule has 1 N–H and O–H groups in total. The van der Waals surface area contributed by atoms with Gasteiger partial charge in [-0.2, -0.15) is 0 Å². The second-order valence-electron chi connectivity index (χ2n) is 7.70. The fourth-order valence-electron chi connectivity index (χ4n) is 3.43. The van der Waals surface area contributed by atoms with E-state index < -0.39 is 0 Å². The minimum Gasteiger partial charge on any atom is -0.491 e. The number of rotatable bonds is 11. The molecule has 0 bridgehead atoms. The van der Waals surface area contributed by atoms with Crippen LogP contribution < -0.4 is 10.1 Å². The highest BCUT2D eigenvalue weighted by atomic mass is 19.1. The van der Waals surface area contributed by atoms with Gasteiger partial charge in [0.1, 0.15) is 18.2 Å². The molecule has 0 aliphatic rings. The van der Waals surface area contributed by atoms with Gasteiger partial charge in [-0.1, -0.05) is 12.1 Å². The molecule has 7 heteroatoms. The number of pyridine rings is 1. The van der Waals surface area contributed by atoms with E-state index in [1.54, 1.807) is 0 Å². The quantitative estimate of drug-likeness (QED) is 0.393. The van der Waals surface area contributed by atoms with Crippen molar-refractivity contribution in [3.63, 3.8) is 0 Å². The first kappa shape index (κ1) is 23.6. The van der Waals surface area contributed by atoms with Crippen LogP contribution in [0.3, 0.4) is 0 Å². The summed E-state index contributed by atoms with van der Waals surface area (Å²) in [5.41, 5.74) is 3.17. The number of hydrogen-bond donors (Lipinski definition) is 1. The van der Waals surface area contributed by atoms with Crippen molar-refractivity contribution < 1.29 is 13.9 Å². The SMILES string of the molecule is Cc1ccc(Nc2cccc(OCCOCCCCCF)c2)n(C)n(C)c2ccncc12. The molecule has 0 atom stereocenters. The highest BCUT2D eigenvalue weighted by Gasteiger charge is 2.04. The molecule has 0 fully saturated rings. The Bertz CT molecular complexity index is 1060. The van der Waals surface area contributed by atoms with Gasteiger partial charge in [-0.3, -0.25) is 18.7 Å². The number of hydrogen-bond acceptors (Lipinski definition) is 4. The van der Waals surface area contributed by atoms with Crippen molar-refractivity contribution in [3.8, 4) is 5.75 Å². The van der Waals surface area contributed by atoms with E-state index in [2.05, 4.69) is 38.7 Å². The van der Waals surface area contributed by atoms with Crippen molar-refractivity contribution in [1.29, 1.82) is 0 Å². The molecule has 0 saturated carbocycles. The number of nitrogens with zero attached hydrogens (tertiary/aromatic N) is 3. The molecular weight excluding hydrogens is 407 g/mol. The average molecular weight is 441 g/mol. The zero-order chi connectivity index (χ0) is 22.8. The van der Waals surface area contributed by atoms with Gasteiger partial charge in [-0.25, -0.2) is 0 Å². The number of anilines is 2. The molecule has 1 aromatic carbocycles. The zero-order valence-corrected chi connectivity index (χ0v) is 19.2. The lowest BCUT2D eigenvalue weighted by Crippen LogP contribution is -2.12. The second kappa shape index (κ2) is 12.1. The molecule has 32 heavy (non-hydrogen) atoms. The van der Waals surface area contributed by atoms with E-state index >= 15 is 0 Å². The summed E-state index contributed by atoms with van der Waals surface area (Å²) in [6.45, 7) is 3.47. The Labute approximate surface area is 189 Å². The zero-order valence-electron chi connectivity index (χ0n) is 19.2. The van der Waals surface area contributed by atoms with Gasteiger partial charge in [0.2, 0.25) is 0 Å². The number of unbranched alkanes of at least 4 members (excludes halogenated alkanes) is 2. The lowest BCUT2D eigenvalue weighted by atomic mass is 10.2. The summed E-state index contributed by atoms with van der Waals surface area (Å²) < 4.78 is 27.6.